The number of hydrogen-bond acceptors (Lipinski definition) is 2. The lowest BCUT2D eigenvalue weighted by Gasteiger charge is -2.00. The van der Waals surface area contributed by atoms with Gasteiger partial charge in [0.25, 0.3) is 0 Å². The van der Waals surface area contributed by atoms with Crippen molar-refractivity contribution in [3.05, 3.63) is 49.4 Å². The van der Waals surface area contributed by atoms with Crippen LogP contribution in [0.3, 0.4) is 0 Å². The maximum atomic E-state index is 5.15. The maximum Gasteiger partial charge on any atom is 0.127 e. The predicted octanol–water partition coefficient (Wildman–Crippen LogP) is 3.18. The fourth-order valence-corrected chi connectivity index (χ4v) is 1.22. The molecule has 0 N–H and O–H groups in total. The average Bonchev–Trinajstić information content (AvgIpc) is 2.18. The van der Waals surface area contributed by atoms with Crippen LogP contribution in [0.2, 0.25) is 0 Å². The highest BCUT2D eigenvalue weighted by Crippen LogP contribution is 2.18. The first-order chi connectivity index (χ1) is 6.40. The third-order valence-corrected chi connectivity index (χ3v) is 1.79. The van der Waals surface area contributed by atoms with Crippen molar-refractivity contribution in [3.63, 3.8) is 0 Å². The number of ether oxygens (including phenoxy) is 1. The zero-order valence-corrected chi connectivity index (χ0v) is 8.33. The van der Waals surface area contributed by atoms with Gasteiger partial charge in [0.2, 0.25) is 0 Å². The molecule has 0 aliphatic rings. The van der Waals surface area contributed by atoms with Gasteiger partial charge in [-0.15, -0.1) is 12.4 Å². The van der Waals surface area contributed by atoms with Gasteiger partial charge in [-0.2, -0.15) is 0 Å². The van der Waals surface area contributed by atoms with Crippen LogP contribution in [0, 0.1) is 0 Å². The summed E-state index contributed by atoms with van der Waals surface area (Å²) in [6.45, 7) is 3.50. The minimum Gasteiger partial charge on any atom is -0.466 e. The first kappa shape index (κ1) is 10.5. The van der Waals surface area contributed by atoms with Gasteiger partial charge in [-0.25, -0.2) is 0 Å². The fraction of sp³-hybridized carbons (Fsp3) is 0. The van der Waals surface area contributed by atoms with Gasteiger partial charge in [-0.05, 0) is 24.3 Å². The number of aromatic nitrogens is 1. The maximum absolute atomic E-state index is 5.15. The van der Waals surface area contributed by atoms with Gasteiger partial charge in [0.15, 0.2) is 0 Å². The number of halogens is 1. The van der Waals surface area contributed by atoms with E-state index in [4.69, 9.17) is 4.74 Å². The summed E-state index contributed by atoms with van der Waals surface area (Å²) in [7, 11) is 0. The van der Waals surface area contributed by atoms with Crippen molar-refractivity contribution in [1.82, 2.24) is 4.98 Å². The fourth-order valence-electron chi connectivity index (χ4n) is 1.22. The molecular formula is C11H10ClNO. The standard InChI is InChI=1S/C11H9NO.ClH/c1-2-13-10-5-6-11-9(8-10)4-3-7-12-11;/h2-8H,1H2;1H. The second-order valence-electron chi connectivity index (χ2n) is 2.64. The van der Waals surface area contributed by atoms with Crippen molar-refractivity contribution in [1.29, 1.82) is 0 Å². The predicted molar refractivity (Wildman–Crippen MR) is 59.8 cm³/mol. The Morgan fingerprint density at radius 1 is 1.29 bits per heavy atom. The van der Waals surface area contributed by atoms with Crippen LogP contribution in [-0.2, 0) is 0 Å². The highest BCUT2D eigenvalue weighted by atomic mass is 35.5. The number of hydrogen-bond donors (Lipinski definition) is 0. The molecule has 0 fully saturated rings. The lowest BCUT2D eigenvalue weighted by molar-refractivity contribution is 0.484. The van der Waals surface area contributed by atoms with Gasteiger partial charge >= 0.3 is 0 Å². The Morgan fingerprint density at radius 3 is 2.93 bits per heavy atom. The number of pyridine rings is 1. The largest absolute Gasteiger partial charge is 0.466 e. The molecule has 2 rings (SSSR count). The molecule has 0 aliphatic carbocycles. The van der Waals surface area contributed by atoms with Crippen LogP contribution < -0.4 is 4.74 Å². The highest BCUT2D eigenvalue weighted by molar-refractivity contribution is 5.85. The third-order valence-electron chi connectivity index (χ3n) is 1.79. The summed E-state index contributed by atoms with van der Waals surface area (Å²) in [6.07, 6.45) is 3.19. The lowest BCUT2D eigenvalue weighted by Crippen LogP contribution is -1.82. The van der Waals surface area contributed by atoms with Crippen molar-refractivity contribution in [2.24, 2.45) is 0 Å². The molecule has 0 aliphatic heterocycles. The molecule has 0 unspecified atom stereocenters. The molecule has 3 heteroatoms. The Hall–Kier alpha value is -1.54. The second kappa shape index (κ2) is 4.63. The van der Waals surface area contributed by atoms with Gasteiger partial charge in [0.05, 0.1) is 11.8 Å². The normalized spacial score (nSPS) is 9.14. The minimum atomic E-state index is 0. The molecule has 2 nitrogen and oxygen atoms in total. The molecule has 2 aromatic rings. The first-order valence-corrected chi connectivity index (χ1v) is 4.02. The summed E-state index contributed by atoms with van der Waals surface area (Å²) < 4.78 is 5.15. The Bertz CT molecular complexity index is 442. The summed E-state index contributed by atoms with van der Waals surface area (Å²) in [5.41, 5.74) is 0.971. The quantitative estimate of drug-likeness (QED) is 0.706. The van der Waals surface area contributed by atoms with Crippen molar-refractivity contribution in [2.75, 3.05) is 0 Å². The van der Waals surface area contributed by atoms with Crippen molar-refractivity contribution >= 4 is 23.3 Å². The van der Waals surface area contributed by atoms with Gasteiger partial charge in [-0.1, -0.05) is 12.6 Å². The molecule has 0 saturated carbocycles. The summed E-state index contributed by atoms with van der Waals surface area (Å²) in [6, 6.07) is 9.63. The molecule has 72 valence electrons. The van der Waals surface area contributed by atoms with Crippen LogP contribution in [0.4, 0.5) is 0 Å². The van der Waals surface area contributed by atoms with E-state index in [1.165, 1.54) is 6.26 Å². The SMILES string of the molecule is C=COc1ccc2ncccc2c1.Cl. The van der Waals surface area contributed by atoms with E-state index in [1.54, 1.807) is 6.20 Å². The van der Waals surface area contributed by atoms with Gasteiger partial charge in [-0.3, -0.25) is 4.98 Å². The van der Waals surface area contributed by atoms with E-state index >= 15 is 0 Å². The third kappa shape index (κ3) is 2.03. The summed E-state index contributed by atoms with van der Waals surface area (Å²) in [5.74, 6) is 0.788. The molecule has 1 aromatic carbocycles. The minimum absolute atomic E-state index is 0. The monoisotopic (exact) mass is 207 g/mol. The summed E-state index contributed by atoms with van der Waals surface area (Å²) in [4.78, 5) is 4.20. The van der Waals surface area contributed by atoms with E-state index in [1.807, 2.05) is 30.3 Å². The van der Waals surface area contributed by atoms with Crippen molar-refractivity contribution < 1.29 is 4.74 Å². The van der Waals surface area contributed by atoms with E-state index in [0.717, 1.165) is 16.7 Å². The molecule has 0 spiro atoms. The Labute approximate surface area is 88.6 Å². The number of fused-ring (bicyclic) bond motifs is 1. The molecule has 1 aromatic heterocycles. The van der Waals surface area contributed by atoms with Crippen LogP contribution in [0.5, 0.6) is 5.75 Å². The second-order valence-corrected chi connectivity index (χ2v) is 2.64. The van der Waals surface area contributed by atoms with Crippen LogP contribution in [-0.4, -0.2) is 4.98 Å². The van der Waals surface area contributed by atoms with Gasteiger partial charge in [0.1, 0.15) is 5.75 Å². The Kier molecular flexibility index (Phi) is 3.48. The smallest absolute Gasteiger partial charge is 0.127 e. The van der Waals surface area contributed by atoms with Gasteiger partial charge < -0.3 is 4.74 Å². The van der Waals surface area contributed by atoms with E-state index in [-0.39, 0.29) is 12.4 Å². The summed E-state index contributed by atoms with van der Waals surface area (Å²) >= 11 is 0. The highest BCUT2D eigenvalue weighted by Gasteiger charge is 1.95. The van der Waals surface area contributed by atoms with E-state index in [2.05, 4.69) is 11.6 Å². The number of rotatable bonds is 2. The Balaban J connectivity index is 0.000000980. The molecule has 0 atom stereocenters. The first-order valence-electron chi connectivity index (χ1n) is 4.02. The van der Waals surface area contributed by atoms with E-state index in [0.29, 0.717) is 0 Å². The van der Waals surface area contributed by atoms with Crippen molar-refractivity contribution in [2.45, 2.75) is 0 Å². The molecular weight excluding hydrogens is 198 g/mol. The van der Waals surface area contributed by atoms with Gasteiger partial charge in [0, 0.05) is 11.6 Å². The molecule has 14 heavy (non-hydrogen) atoms. The molecule has 1 heterocycles. The van der Waals surface area contributed by atoms with E-state index in [9.17, 15) is 0 Å². The zero-order chi connectivity index (χ0) is 9.10. The molecule has 0 saturated heterocycles. The number of nitrogens with zero attached hydrogens (tertiary/aromatic N) is 1. The topological polar surface area (TPSA) is 22.1 Å². The van der Waals surface area contributed by atoms with Crippen molar-refractivity contribution in [3.8, 4) is 5.75 Å². The van der Waals surface area contributed by atoms with Crippen LogP contribution in [0.15, 0.2) is 49.4 Å². The zero-order valence-electron chi connectivity index (χ0n) is 7.51. The lowest BCUT2D eigenvalue weighted by atomic mass is 10.2. The molecule has 0 bridgehead atoms. The van der Waals surface area contributed by atoms with Crippen LogP contribution in [0.1, 0.15) is 0 Å². The van der Waals surface area contributed by atoms with Crippen LogP contribution >= 0.6 is 12.4 Å². The van der Waals surface area contributed by atoms with Crippen LogP contribution in [0.25, 0.3) is 10.9 Å². The molecule has 0 radical (unpaired) electrons. The summed E-state index contributed by atoms with van der Waals surface area (Å²) in [5, 5.41) is 1.07. The average molecular weight is 208 g/mol. The molecule has 0 amide bonds. The van der Waals surface area contributed by atoms with E-state index < -0.39 is 0 Å². The number of benzene rings is 1. The Morgan fingerprint density at radius 2 is 2.14 bits per heavy atom.